The third-order valence-corrected chi connectivity index (χ3v) is 4.42. The zero-order valence-electron chi connectivity index (χ0n) is 17.0. The van der Waals surface area contributed by atoms with E-state index in [4.69, 9.17) is 9.47 Å². The van der Waals surface area contributed by atoms with Crippen LogP contribution in [0, 0.1) is 0 Å². The first-order chi connectivity index (χ1) is 13.4. The number of benzene rings is 2. The lowest BCUT2D eigenvalue weighted by molar-refractivity contribution is -0.155. The molecule has 0 saturated carbocycles. The van der Waals surface area contributed by atoms with Crippen molar-refractivity contribution in [1.82, 2.24) is 5.32 Å². The minimum absolute atomic E-state index is 0.149. The van der Waals surface area contributed by atoms with E-state index in [1.165, 1.54) is 11.1 Å². The third kappa shape index (κ3) is 5.84. The number of hydrogen-bond donors (Lipinski definition) is 1. The van der Waals surface area contributed by atoms with E-state index in [9.17, 15) is 9.59 Å². The molecule has 150 valence electrons. The first-order valence-corrected chi connectivity index (χ1v) is 9.71. The van der Waals surface area contributed by atoms with Crippen molar-refractivity contribution in [2.45, 2.75) is 58.8 Å². The number of fused-ring (bicyclic) bond motifs is 1. The van der Waals surface area contributed by atoms with E-state index in [-0.39, 0.29) is 12.7 Å². The highest BCUT2D eigenvalue weighted by Crippen LogP contribution is 2.24. The van der Waals surface area contributed by atoms with Gasteiger partial charge >= 0.3 is 12.1 Å². The quantitative estimate of drug-likeness (QED) is 0.776. The Bertz CT molecular complexity index is 761. The largest absolute Gasteiger partial charge is 0.460 e. The molecule has 0 aliphatic heterocycles. The number of alkyl carbamates (subject to hydrolysis) is 1. The molecule has 0 radical (unpaired) electrons. The van der Waals surface area contributed by atoms with Crippen LogP contribution in [-0.4, -0.2) is 23.7 Å². The first kappa shape index (κ1) is 21.5. The molecule has 5 nitrogen and oxygen atoms in total. The lowest BCUT2D eigenvalue weighted by Crippen LogP contribution is -2.51. The zero-order chi connectivity index (χ0) is 20.6. The summed E-state index contributed by atoms with van der Waals surface area (Å²) in [6, 6.07) is 17.4. The Morgan fingerprint density at radius 1 is 0.964 bits per heavy atom. The van der Waals surface area contributed by atoms with Gasteiger partial charge in [0.15, 0.2) is 0 Å². The summed E-state index contributed by atoms with van der Waals surface area (Å²) >= 11 is 0. The van der Waals surface area contributed by atoms with E-state index >= 15 is 0 Å². The molecule has 1 N–H and O–H groups in total. The molecule has 0 saturated heterocycles. The fourth-order valence-corrected chi connectivity index (χ4v) is 2.97. The molecule has 1 aliphatic rings. The molecule has 2 aromatic carbocycles. The Morgan fingerprint density at radius 2 is 1.50 bits per heavy atom. The standard InChI is InChI=1S/C21H23NO4.C2H6/c1-21(2,22-20(24)25-14-15-8-4-3-5-9-15)19(23)26-18-12-16-10-6-7-11-17(16)13-18;1-2/h3-11,18H,12-14H2,1-2H3,(H,22,24);1-2H3. The van der Waals surface area contributed by atoms with Gasteiger partial charge in [0.25, 0.3) is 0 Å². The van der Waals surface area contributed by atoms with E-state index in [2.05, 4.69) is 5.32 Å². The second-order valence-electron chi connectivity index (χ2n) is 7.02. The van der Waals surface area contributed by atoms with Crippen molar-refractivity contribution < 1.29 is 19.1 Å². The van der Waals surface area contributed by atoms with Gasteiger partial charge < -0.3 is 14.8 Å². The molecule has 3 rings (SSSR count). The number of rotatable bonds is 5. The number of esters is 1. The molecule has 0 aromatic heterocycles. The second kappa shape index (κ2) is 9.93. The molecule has 0 bridgehead atoms. The summed E-state index contributed by atoms with van der Waals surface area (Å²) in [4.78, 5) is 24.5. The van der Waals surface area contributed by atoms with Gasteiger partial charge in [-0.25, -0.2) is 9.59 Å². The molecule has 28 heavy (non-hydrogen) atoms. The van der Waals surface area contributed by atoms with E-state index in [0.29, 0.717) is 12.8 Å². The van der Waals surface area contributed by atoms with Crippen LogP contribution in [-0.2, 0) is 33.7 Å². The van der Waals surface area contributed by atoms with Crippen LogP contribution < -0.4 is 5.32 Å². The molecule has 0 spiro atoms. The number of ether oxygens (including phenoxy) is 2. The minimum Gasteiger partial charge on any atom is -0.460 e. The maximum atomic E-state index is 12.5. The van der Waals surface area contributed by atoms with Crippen molar-refractivity contribution in [3.63, 3.8) is 0 Å². The molecule has 0 atom stereocenters. The fourth-order valence-electron chi connectivity index (χ4n) is 2.97. The zero-order valence-corrected chi connectivity index (χ0v) is 17.0. The Hall–Kier alpha value is -2.82. The number of amides is 1. The maximum absolute atomic E-state index is 12.5. The highest BCUT2D eigenvalue weighted by atomic mass is 16.6. The minimum atomic E-state index is -1.16. The number of nitrogens with one attached hydrogen (secondary N) is 1. The van der Waals surface area contributed by atoms with Crippen LogP contribution in [0.5, 0.6) is 0 Å². The third-order valence-electron chi connectivity index (χ3n) is 4.42. The summed E-state index contributed by atoms with van der Waals surface area (Å²) in [6.07, 6.45) is 0.569. The van der Waals surface area contributed by atoms with Crippen LogP contribution in [0.1, 0.15) is 44.4 Å². The maximum Gasteiger partial charge on any atom is 0.408 e. The second-order valence-corrected chi connectivity index (χ2v) is 7.02. The van der Waals surface area contributed by atoms with E-state index in [1.807, 2.05) is 68.4 Å². The van der Waals surface area contributed by atoms with E-state index in [1.54, 1.807) is 13.8 Å². The highest BCUT2D eigenvalue weighted by molar-refractivity contribution is 5.85. The number of carbonyl (C=O) groups excluding carboxylic acids is 2. The van der Waals surface area contributed by atoms with Gasteiger partial charge in [0.1, 0.15) is 18.2 Å². The van der Waals surface area contributed by atoms with Crippen molar-refractivity contribution >= 4 is 12.1 Å². The average molecular weight is 383 g/mol. The predicted molar refractivity (Wildman–Crippen MR) is 109 cm³/mol. The number of hydrogen-bond acceptors (Lipinski definition) is 4. The van der Waals surface area contributed by atoms with Gasteiger partial charge in [0.05, 0.1) is 0 Å². The molecule has 2 aromatic rings. The van der Waals surface area contributed by atoms with Crippen molar-refractivity contribution in [3.05, 3.63) is 71.3 Å². The fraction of sp³-hybridized carbons (Fsp3) is 0.391. The van der Waals surface area contributed by atoms with Gasteiger partial charge in [-0.3, -0.25) is 0 Å². The van der Waals surface area contributed by atoms with Gasteiger partial charge in [0, 0.05) is 12.8 Å². The monoisotopic (exact) mass is 383 g/mol. The van der Waals surface area contributed by atoms with Crippen molar-refractivity contribution in [1.29, 1.82) is 0 Å². The van der Waals surface area contributed by atoms with Crippen LogP contribution in [0.25, 0.3) is 0 Å². The summed E-state index contributed by atoms with van der Waals surface area (Å²) in [5.41, 5.74) is 2.13. The Kier molecular flexibility index (Phi) is 7.61. The van der Waals surface area contributed by atoms with Gasteiger partial charge in [-0.2, -0.15) is 0 Å². The van der Waals surface area contributed by atoms with E-state index < -0.39 is 17.6 Å². The lowest BCUT2D eigenvalue weighted by Gasteiger charge is -2.25. The molecule has 0 heterocycles. The van der Waals surface area contributed by atoms with Crippen LogP contribution in [0.4, 0.5) is 4.79 Å². The van der Waals surface area contributed by atoms with Crippen LogP contribution in [0.3, 0.4) is 0 Å². The Balaban J connectivity index is 0.00000136. The molecule has 1 amide bonds. The van der Waals surface area contributed by atoms with Gasteiger partial charge in [-0.1, -0.05) is 68.4 Å². The normalized spacial score (nSPS) is 13.0. The predicted octanol–water partition coefficient (Wildman–Crippen LogP) is 4.43. The smallest absolute Gasteiger partial charge is 0.408 e. The van der Waals surface area contributed by atoms with Crippen LogP contribution >= 0.6 is 0 Å². The molecular weight excluding hydrogens is 354 g/mol. The van der Waals surface area contributed by atoms with Gasteiger partial charge in [-0.05, 0) is 30.5 Å². The molecule has 0 fully saturated rings. The number of carbonyl (C=O) groups is 2. The van der Waals surface area contributed by atoms with Crippen molar-refractivity contribution in [2.24, 2.45) is 0 Å². The Morgan fingerprint density at radius 3 is 2.07 bits per heavy atom. The van der Waals surface area contributed by atoms with Crippen LogP contribution in [0.15, 0.2) is 54.6 Å². The van der Waals surface area contributed by atoms with Crippen molar-refractivity contribution in [2.75, 3.05) is 0 Å². The first-order valence-electron chi connectivity index (χ1n) is 9.71. The highest BCUT2D eigenvalue weighted by Gasteiger charge is 2.35. The Labute approximate surface area is 167 Å². The van der Waals surface area contributed by atoms with E-state index in [0.717, 1.165) is 5.56 Å². The van der Waals surface area contributed by atoms with Crippen LogP contribution in [0.2, 0.25) is 0 Å². The molecule has 0 unspecified atom stereocenters. The molecule has 1 aliphatic carbocycles. The summed E-state index contributed by atoms with van der Waals surface area (Å²) in [7, 11) is 0. The van der Waals surface area contributed by atoms with Gasteiger partial charge in [-0.15, -0.1) is 0 Å². The molecule has 5 heteroatoms. The summed E-state index contributed by atoms with van der Waals surface area (Å²) in [5, 5.41) is 2.59. The van der Waals surface area contributed by atoms with Crippen molar-refractivity contribution in [3.8, 4) is 0 Å². The molecular formula is C23H29NO4. The summed E-state index contributed by atoms with van der Waals surface area (Å²) in [6.45, 7) is 7.37. The summed E-state index contributed by atoms with van der Waals surface area (Å²) in [5.74, 6) is -0.466. The van der Waals surface area contributed by atoms with Gasteiger partial charge in [0.2, 0.25) is 0 Å². The average Bonchev–Trinajstić information content (AvgIpc) is 3.10. The topological polar surface area (TPSA) is 64.6 Å². The SMILES string of the molecule is CC.CC(C)(NC(=O)OCc1ccccc1)C(=O)OC1Cc2ccccc2C1. The summed E-state index contributed by atoms with van der Waals surface area (Å²) < 4.78 is 10.8. The lowest BCUT2D eigenvalue weighted by atomic mass is 10.1.